The topological polar surface area (TPSA) is 104 Å². The molecule has 0 fully saturated rings. The Morgan fingerprint density at radius 2 is 1.96 bits per heavy atom. The van der Waals surface area contributed by atoms with Crippen molar-refractivity contribution in [3.05, 3.63) is 64.5 Å². The van der Waals surface area contributed by atoms with E-state index < -0.39 is 4.92 Å². The predicted molar refractivity (Wildman–Crippen MR) is 103 cm³/mol. The summed E-state index contributed by atoms with van der Waals surface area (Å²) >= 11 is 0. The Labute approximate surface area is 156 Å². The van der Waals surface area contributed by atoms with Gasteiger partial charge in [-0.1, -0.05) is 12.1 Å². The molecule has 0 aliphatic rings. The summed E-state index contributed by atoms with van der Waals surface area (Å²) in [6.45, 7) is 1.05. The van der Waals surface area contributed by atoms with Crippen molar-refractivity contribution in [3.8, 4) is 0 Å². The van der Waals surface area contributed by atoms with Gasteiger partial charge < -0.3 is 15.2 Å². The number of imidazole rings is 1. The van der Waals surface area contributed by atoms with Gasteiger partial charge in [-0.15, -0.1) is 0 Å². The number of nitro groups is 1. The van der Waals surface area contributed by atoms with Crippen molar-refractivity contribution in [2.24, 2.45) is 0 Å². The number of aromatic nitrogens is 2. The van der Waals surface area contributed by atoms with Gasteiger partial charge in [0.15, 0.2) is 0 Å². The summed E-state index contributed by atoms with van der Waals surface area (Å²) < 4.78 is 0. The minimum absolute atomic E-state index is 0.0426. The molecule has 0 radical (unpaired) electrons. The summed E-state index contributed by atoms with van der Waals surface area (Å²) in [4.78, 5) is 31.8. The molecule has 8 heteroatoms. The molecule has 1 amide bonds. The number of hydrogen-bond acceptors (Lipinski definition) is 5. The normalized spacial score (nSPS) is 10.7. The number of rotatable bonds is 8. The minimum atomic E-state index is -0.430. The van der Waals surface area contributed by atoms with E-state index in [9.17, 15) is 14.9 Å². The largest absolute Gasteiger partial charge is 0.385 e. The van der Waals surface area contributed by atoms with Gasteiger partial charge in [-0.25, -0.2) is 4.98 Å². The van der Waals surface area contributed by atoms with Crippen LogP contribution >= 0.6 is 0 Å². The zero-order valence-electron chi connectivity index (χ0n) is 15.0. The van der Waals surface area contributed by atoms with Crippen LogP contribution in [0.25, 0.3) is 11.0 Å². The van der Waals surface area contributed by atoms with Gasteiger partial charge in [0.25, 0.3) is 5.69 Å². The first kappa shape index (κ1) is 18.4. The van der Waals surface area contributed by atoms with E-state index in [1.54, 1.807) is 24.1 Å². The SMILES string of the molecule is CN(Cc1nc2ccccc2[nH]1)C(=O)CCCNc1ccc([N+](=O)[O-])cc1. The van der Waals surface area contributed by atoms with Gasteiger partial charge in [0, 0.05) is 37.8 Å². The third-order valence-corrected chi connectivity index (χ3v) is 4.23. The van der Waals surface area contributed by atoms with Crippen LogP contribution in [0.5, 0.6) is 0 Å². The number of nitrogens with zero attached hydrogens (tertiary/aromatic N) is 3. The maximum atomic E-state index is 12.3. The Hall–Kier alpha value is -3.42. The third kappa shape index (κ3) is 4.81. The van der Waals surface area contributed by atoms with Gasteiger partial charge >= 0.3 is 0 Å². The fourth-order valence-electron chi connectivity index (χ4n) is 2.76. The number of amides is 1. The summed E-state index contributed by atoms with van der Waals surface area (Å²) in [5.41, 5.74) is 2.70. The van der Waals surface area contributed by atoms with E-state index in [0.29, 0.717) is 25.9 Å². The van der Waals surface area contributed by atoms with Crippen LogP contribution < -0.4 is 5.32 Å². The van der Waals surface area contributed by atoms with Crippen LogP contribution in [-0.2, 0) is 11.3 Å². The van der Waals surface area contributed by atoms with Crippen molar-refractivity contribution in [1.82, 2.24) is 14.9 Å². The number of carbonyl (C=O) groups excluding carboxylic acids is 1. The van der Waals surface area contributed by atoms with Gasteiger partial charge in [0.05, 0.1) is 22.5 Å². The highest BCUT2D eigenvalue weighted by Crippen LogP contribution is 2.15. The fraction of sp³-hybridized carbons (Fsp3) is 0.263. The highest BCUT2D eigenvalue weighted by molar-refractivity contribution is 5.77. The summed E-state index contributed by atoms with van der Waals surface area (Å²) in [5.74, 6) is 0.803. The van der Waals surface area contributed by atoms with Crippen LogP contribution in [0.1, 0.15) is 18.7 Å². The van der Waals surface area contributed by atoms with E-state index in [1.165, 1.54) is 12.1 Å². The number of para-hydroxylation sites is 2. The lowest BCUT2D eigenvalue weighted by Gasteiger charge is -2.15. The summed E-state index contributed by atoms with van der Waals surface area (Å²) in [7, 11) is 1.76. The van der Waals surface area contributed by atoms with Crippen molar-refractivity contribution in [2.45, 2.75) is 19.4 Å². The molecule has 2 N–H and O–H groups in total. The van der Waals surface area contributed by atoms with Crippen molar-refractivity contribution in [2.75, 3.05) is 18.9 Å². The number of nitro benzene ring substituents is 1. The van der Waals surface area contributed by atoms with Crippen molar-refractivity contribution < 1.29 is 9.72 Å². The van der Waals surface area contributed by atoms with Gasteiger partial charge in [0.1, 0.15) is 5.82 Å². The van der Waals surface area contributed by atoms with Gasteiger partial charge in [-0.2, -0.15) is 0 Å². The van der Waals surface area contributed by atoms with Crippen molar-refractivity contribution >= 4 is 28.3 Å². The highest BCUT2D eigenvalue weighted by Gasteiger charge is 2.11. The fourth-order valence-corrected chi connectivity index (χ4v) is 2.76. The molecule has 27 heavy (non-hydrogen) atoms. The Morgan fingerprint density at radius 1 is 1.22 bits per heavy atom. The summed E-state index contributed by atoms with van der Waals surface area (Å²) in [6, 6.07) is 14.0. The van der Waals surface area contributed by atoms with E-state index in [1.807, 2.05) is 24.3 Å². The van der Waals surface area contributed by atoms with E-state index in [2.05, 4.69) is 15.3 Å². The average Bonchev–Trinajstić information content (AvgIpc) is 3.07. The molecule has 0 atom stereocenters. The number of H-pyrrole nitrogens is 1. The first-order valence-electron chi connectivity index (χ1n) is 8.69. The minimum Gasteiger partial charge on any atom is -0.385 e. The Morgan fingerprint density at radius 3 is 2.67 bits per heavy atom. The summed E-state index contributed by atoms with van der Waals surface area (Å²) in [6.07, 6.45) is 1.08. The van der Waals surface area contributed by atoms with Crippen LogP contribution in [-0.4, -0.2) is 39.3 Å². The quantitative estimate of drug-likeness (QED) is 0.361. The molecule has 0 aliphatic heterocycles. The molecule has 0 unspecified atom stereocenters. The molecule has 1 aromatic heterocycles. The zero-order valence-corrected chi connectivity index (χ0v) is 15.0. The number of carbonyl (C=O) groups is 1. The van der Waals surface area contributed by atoms with Crippen molar-refractivity contribution in [3.63, 3.8) is 0 Å². The molecule has 0 saturated heterocycles. The standard InChI is InChI=1S/C19H21N5O3/c1-23(13-18-21-16-5-2-3-6-17(16)22-18)19(25)7-4-12-20-14-8-10-15(11-9-14)24(26)27/h2-3,5-6,8-11,20H,4,7,12-13H2,1H3,(H,21,22). The number of nitrogens with one attached hydrogen (secondary N) is 2. The highest BCUT2D eigenvalue weighted by atomic mass is 16.6. The maximum absolute atomic E-state index is 12.3. The van der Waals surface area contributed by atoms with Crippen molar-refractivity contribution in [1.29, 1.82) is 0 Å². The van der Waals surface area contributed by atoms with Gasteiger partial charge in [-0.05, 0) is 30.7 Å². The first-order valence-corrected chi connectivity index (χ1v) is 8.69. The van der Waals surface area contributed by atoms with E-state index in [4.69, 9.17) is 0 Å². The molecule has 0 aliphatic carbocycles. The van der Waals surface area contributed by atoms with E-state index >= 15 is 0 Å². The lowest BCUT2D eigenvalue weighted by atomic mass is 10.2. The Bertz CT molecular complexity index is 903. The second-order valence-electron chi connectivity index (χ2n) is 6.28. The molecule has 2 aromatic carbocycles. The van der Waals surface area contributed by atoms with Crippen LogP contribution in [0.2, 0.25) is 0 Å². The molecule has 1 heterocycles. The zero-order chi connectivity index (χ0) is 19.2. The molecular formula is C19H21N5O3. The van der Waals surface area contributed by atoms with E-state index in [0.717, 1.165) is 22.5 Å². The molecule has 8 nitrogen and oxygen atoms in total. The maximum Gasteiger partial charge on any atom is 0.269 e. The Balaban J connectivity index is 1.42. The second kappa shape index (κ2) is 8.31. The van der Waals surface area contributed by atoms with Gasteiger partial charge in [0.2, 0.25) is 5.91 Å². The molecule has 3 rings (SSSR count). The van der Waals surface area contributed by atoms with Crippen LogP contribution in [0.3, 0.4) is 0 Å². The lowest BCUT2D eigenvalue weighted by molar-refractivity contribution is -0.384. The Kier molecular flexibility index (Phi) is 5.65. The lowest BCUT2D eigenvalue weighted by Crippen LogP contribution is -2.26. The molecule has 140 valence electrons. The number of anilines is 1. The van der Waals surface area contributed by atoms with Crippen LogP contribution in [0, 0.1) is 10.1 Å². The first-order chi connectivity index (χ1) is 13.0. The molecular weight excluding hydrogens is 346 g/mol. The molecule has 0 bridgehead atoms. The smallest absolute Gasteiger partial charge is 0.269 e. The van der Waals surface area contributed by atoms with Gasteiger partial charge in [-0.3, -0.25) is 14.9 Å². The molecule has 3 aromatic rings. The monoisotopic (exact) mass is 367 g/mol. The number of benzene rings is 2. The molecule has 0 saturated carbocycles. The van der Waals surface area contributed by atoms with E-state index in [-0.39, 0.29) is 11.6 Å². The average molecular weight is 367 g/mol. The third-order valence-electron chi connectivity index (χ3n) is 4.23. The summed E-state index contributed by atoms with van der Waals surface area (Å²) in [5, 5.41) is 13.8. The van der Waals surface area contributed by atoms with Crippen LogP contribution in [0.4, 0.5) is 11.4 Å². The predicted octanol–water partition coefficient (Wildman–Crippen LogP) is 3.32. The van der Waals surface area contributed by atoms with Crippen LogP contribution in [0.15, 0.2) is 48.5 Å². The number of aromatic amines is 1. The molecule has 0 spiro atoms. The number of fused-ring (bicyclic) bond motifs is 1. The number of hydrogen-bond donors (Lipinski definition) is 2. The number of non-ortho nitro benzene ring substituents is 1. The second-order valence-corrected chi connectivity index (χ2v) is 6.28.